The monoisotopic (exact) mass is 206 g/mol. The maximum atomic E-state index is 11.2. The number of nitrogen functional groups attached to an aromatic ring is 2. The van der Waals surface area contributed by atoms with E-state index < -0.39 is 6.03 Å². The van der Waals surface area contributed by atoms with Crippen LogP contribution in [0.2, 0.25) is 0 Å². The van der Waals surface area contributed by atoms with Crippen LogP contribution in [-0.4, -0.2) is 12.6 Å². The second kappa shape index (κ2) is 4.36. The summed E-state index contributed by atoms with van der Waals surface area (Å²) in [6.07, 6.45) is 1.56. The van der Waals surface area contributed by atoms with Crippen LogP contribution in [0.4, 0.5) is 21.9 Å². The molecule has 0 heterocycles. The number of nitrogens with two attached hydrogens (primary N) is 3. The highest BCUT2D eigenvalue weighted by Crippen LogP contribution is 2.27. The second-order valence-electron chi connectivity index (χ2n) is 3.02. The minimum atomic E-state index is -0.591. The molecule has 2 amide bonds. The molecule has 0 saturated heterocycles. The molecule has 5 heteroatoms. The number of rotatable bonds is 3. The summed E-state index contributed by atoms with van der Waals surface area (Å²) in [7, 11) is 0. The van der Waals surface area contributed by atoms with Gasteiger partial charge in [-0.25, -0.2) is 4.79 Å². The third kappa shape index (κ3) is 2.19. The highest BCUT2D eigenvalue weighted by atomic mass is 16.2. The van der Waals surface area contributed by atoms with Gasteiger partial charge in [0.25, 0.3) is 0 Å². The summed E-state index contributed by atoms with van der Waals surface area (Å²) in [6, 6.07) is 4.46. The minimum Gasteiger partial charge on any atom is -0.397 e. The number of carbonyl (C=O) groups excluding carboxylic acids is 1. The highest BCUT2D eigenvalue weighted by Gasteiger charge is 2.14. The molecule has 0 aliphatic rings. The number of para-hydroxylation sites is 1. The molecule has 0 spiro atoms. The number of nitrogens with zero attached hydrogens (tertiary/aromatic N) is 1. The zero-order valence-corrected chi connectivity index (χ0v) is 8.31. The summed E-state index contributed by atoms with van der Waals surface area (Å²) < 4.78 is 0. The average molecular weight is 206 g/mol. The highest BCUT2D eigenvalue weighted by molar-refractivity contribution is 5.96. The summed E-state index contributed by atoms with van der Waals surface area (Å²) in [5.74, 6) is 0. The van der Waals surface area contributed by atoms with E-state index in [1.807, 2.05) is 0 Å². The zero-order chi connectivity index (χ0) is 11.4. The number of amides is 2. The Morgan fingerprint density at radius 3 is 2.67 bits per heavy atom. The summed E-state index contributed by atoms with van der Waals surface area (Å²) >= 11 is 0. The van der Waals surface area contributed by atoms with E-state index in [0.717, 1.165) is 0 Å². The Hall–Kier alpha value is -2.17. The molecule has 1 aromatic carbocycles. The van der Waals surface area contributed by atoms with E-state index in [4.69, 9.17) is 17.2 Å². The summed E-state index contributed by atoms with van der Waals surface area (Å²) in [5, 5.41) is 0. The third-order valence-corrected chi connectivity index (χ3v) is 1.99. The molecule has 5 nitrogen and oxygen atoms in total. The van der Waals surface area contributed by atoms with Gasteiger partial charge in [-0.2, -0.15) is 0 Å². The predicted octanol–water partition coefficient (Wildman–Crippen LogP) is 0.922. The molecule has 0 aliphatic heterocycles. The van der Waals surface area contributed by atoms with Crippen molar-refractivity contribution in [3.05, 3.63) is 30.9 Å². The van der Waals surface area contributed by atoms with Crippen LogP contribution in [0, 0.1) is 0 Å². The third-order valence-electron chi connectivity index (χ3n) is 1.99. The number of anilines is 3. The maximum absolute atomic E-state index is 11.2. The fraction of sp³-hybridized carbons (Fsp3) is 0.100. The molecular weight excluding hydrogens is 192 g/mol. The van der Waals surface area contributed by atoms with Gasteiger partial charge < -0.3 is 17.2 Å². The Morgan fingerprint density at radius 1 is 1.47 bits per heavy atom. The van der Waals surface area contributed by atoms with E-state index in [1.165, 1.54) is 4.90 Å². The minimum absolute atomic E-state index is 0.295. The fourth-order valence-corrected chi connectivity index (χ4v) is 1.24. The van der Waals surface area contributed by atoms with Gasteiger partial charge in [-0.1, -0.05) is 12.1 Å². The molecule has 0 unspecified atom stereocenters. The van der Waals surface area contributed by atoms with Gasteiger partial charge in [-0.15, -0.1) is 6.58 Å². The molecular formula is C10H14N4O. The van der Waals surface area contributed by atoms with Gasteiger partial charge in [0.1, 0.15) is 0 Å². The summed E-state index contributed by atoms with van der Waals surface area (Å²) in [6.45, 7) is 3.83. The number of benzene rings is 1. The average Bonchev–Trinajstić information content (AvgIpc) is 2.19. The van der Waals surface area contributed by atoms with Crippen LogP contribution in [0.3, 0.4) is 0 Å². The van der Waals surface area contributed by atoms with E-state index in [-0.39, 0.29) is 0 Å². The van der Waals surface area contributed by atoms with Gasteiger partial charge in [0.05, 0.1) is 17.1 Å². The van der Waals surface area contributed by atoms with Crippen LogP contribution in [0.15, 0.2) is 30.9 Å². The second-order valence-corrected chi connectivity index (χ2v) is 3.02. The smallest absolute Gasteiger partial charge is 0.319 e. The quantitative estimate of drug-likeness (QED) is 0.506. The van der Waals surface area contributed by atoms with Crippen molar-refractivity contribution in [2.75, 3.05) is 22.9 Å². The van der Waals surface area contributed by atoms with Crippen molar-refractivity contribution in [2.45, 2.75) is 0 Å². The van der Waals surface area contributed by atoms with E-state index in [2.05, 4.69) is 6.58 Å². The van der Waals surface area contributed by atoms with Crippen LogP contribution in [0.1, 0.15) is 0 Å². The Kier molecular flexibility index (Phi) is 3.17. The van der Waals surface area contributed by atoms with E-state index in [9.17, 15) is 4.79 Å². The van der Waals surface area contributed by atoms with Crippen LogP contribution >= 0.6 is 0 Å². The number of urea groups is 1. The lowest BCUT2D eigenvalue weighted by Crippen LogP contribution is -2.36. The molecule has 1 aromatic rings. The Morgan fingerprint density at radius 2 is 2.13 bits per heavy atom. The lowest BCUT2D eigenvalue weighted by atomic mass is 10.2. The topological polar surface area (TPSA) is 98.4 Å². The van der Waals surface area contributed by atoms with Crippen LogP contribution < -0.4 is 22.1 Å². The van der Waals surface area contributed by atoms with Crippen molar-refractivity contribution < 1.29 is 4.79 Å². The predicted molar refractivity (Wildman–Crippen MR) is 62.4 cm³/mol. The molecule has 0 saturated carbocycles. The number of primary amides is 1. The Balaban J connectivity index is 3.16. The largest absolute Gasteiger partial charge is 0.397 e. The summed E-state index contributed by atoms with van der Waals surface area (Å²) in [5.41, 5.74) is 17.9. The van der Waals surface area contributed by atoms with Crippen molar-refractivity contribution in [3.8, 4) is 0 Å². The number of hydrogen-bond donors (Lipinski definition) is 3. The lowest BCUT2D eigenvalue weighted by Gasteiger charge is -2.20. The normalized spacial score (nSPS) is 9.60. The first-order chi connectivity index (χ1) is 7.07. The van der Waals surface area contributed by atoms with Crippen molar-refractivity contribution in [1.29, 1.82) is 0 Å². The van der Waals surface area contributed by atoms with Gasteiger partial charge in [0, 0.05) is 6.54 Å². The molecule has 1 rings (SSSR count). The molecule has 80 valence electrons. The number of carbonyl (C=O) groups is 1. The van der Waals surface area contributed by atoms with Gasteiger partial charge >= 0.3 is 6.03 Å². The molecule has 6 N–H and O–H groups in total. The van der Waals surface area contributed by atoms with E-state index >= 15 is 0 Å². The van der Waals surface area contributed by atoms with Gasteiger partial charge in [-0.3, -0.25) is 4.90 Å². The van der Waals surface area contributed by atoms with Gasteiger partial charge in [-0.05, 0) is 12.1 Å². The first-order valence-electron chi connectivity index (χ1n) is 4.39. The van der Waals surface area contributed by atoms with E-state index in [0.29, 0.717) is 23.6 Å². The van der Waals surface area contributed by atoms with Crippen molar-refractivity contribution in [3.63, 3.8) is 0 Å². The van der Waals surface area contributed by atoms with E-state index in [1.54, 1.807) is 24.3 Å². The van der Waals surface area contributed by atoms with Crippen LogP contribution in [0.5, 0.6) is 0 Å². The van der Waals surface area contributed by atoms with Crippen LogP contribution in [0.25, 0.3) is 0 Å². The molecule has 0 aliphatic carbocycles. The molecule has 0 atom stereocenters. The SMILES string of the molecule is C=CCN(C(N)=O)c1cccc(N)c1N. The van der Waals surface area contributed by atoms with Crippen molar-refractivity contribution in [1.82, 2.24) is 0 Å². The van der Waals surface area contributed by atoms with Gasteiger partial charge in [0.15, 0.2) is 0 Å². The number of hydrogen-bond acceptors (Lipinski definition) is 3. The van der Waals surface area contributed by atoms with Crippen molar-refractivity contribution >= 4 is 23.1 Å². The van der Waals surface area contributed by atoms with Crippen LogP contribution in [-0.2, 0) is 0 Å². The Labute approximate surface area is 88.1 Å². The lowest BCUT2D eigenvalue weighted by molar-refractivity contribution is 0.254. The molecule has 0 bridgehead atoms. The molecule has 0 fully saturated rings. The first-order valence-corrected chi connectivity index (χ1v) is 4.39. The standard InChI is InChI=1S/C10H14N4O/c1-2-6-14(10(13)15)8-5-3-4-7(11)9(8)12/h2-5H,1,6,11-12H2,(H2,13,15). The fourth-order valence-electron chi connectivity index (χ4n) is 1.24. The Bertz CT molecular complexity index is 389. The first kappa shape index (κ1) is 10.9. The summed E-state index contributed by atoms with van der Waals surface area (Å²) in [4.78, 5) is 12.5. The van der Waals surface area contributed by atoms with Crippen molar-refractivity contribution in [2.24, 2.45) is 5.73 Å². The molecule has 0 radical (unpaired) electrons. The molecule has 0 aromatic heterocycles. The maximum Gasteiger partial charge on any atom is 0.319 e. The van der Waals surface area contributed by atoms with Gasteiger partial charge in [0.2, 0.25) is 0 Å². The molecule has 15 heavy (non-hydrogen) atoms. The zero-order valence-electron chi connectivity index (χ0n) is 8.31.